The first kappa shape index (κ1) is 18.9. The van der Waals surface area contributed by atoms with E-state index in [9.17, 15) is 8.42 Å². The predicted molar refractivity (Wildman–Crippen MR) is 104 cm³/mol. The lowest BCUT2D eigenvalue weighted by Gasteiger charge is -2.31. The molecule has 2 fully saturated rings. The van der Waals surface area contributed by atoms with Gasteiger partial charge in [-0.3, -0.25) is 0 Å². The van der Waals surface area contributed by atoms with Gasteiger partial charge in [0, 0.05) is 50.7 Å². The lowest BCUT2D eigenvalue weighted by molar-refractivity contribution is 0.222. The summed E-state index contributed by atoms with van der Waals surface area (Å²) in [6.07, 6.45) is 7.35. The van der Waals surface area contributed by atoms with Crippen molar-refractivity contribution in [3.05, 3.63) is 18.3 Å². The fraction of sp³-hybridized carbons (Fsp3) is 0.706. The zero-order valence-corrected chi connectivity index (χ0v) is 16.7. The molecule has 0 bridgehead atoms. The van der Waals surface area contributed by atoms with Crippen LogP contribution in [0, 0.1) is 0 Å². The van der Waals surface area contributed by atoms with Gasteiger partial charge in [0.1, 0.15) is 10.7 Å². The minimum absolute atomic E-state index is 0.303. The molecule has 6 nitrogen and oxygen atoms in total. The van der Waals surface area contributed by atoms with Gasteiger partial charge in [0.25, 0.3) is 0 Å². The van der Waals surface area contributed by atoms with Gasteiger partial charge in [0.15, 0.2) is 0 Å². The number of anilines is 1. The van der Waals surface area contributed by atoms with Crippen molar-refractivity contribution in [2.45, 2.75) is 29.4 Å². The number of thioether (sulfide) groups is 1. The van der Waals surface area contributed by atoms with Crippen LogP contribution in [0.2, 0.25) is 0 Å². The molecule has 0 aliphatic carbocycles. The van der Waals surface area contributed by atoms with Crippen molar-refractivity contribution < 1.29 is 8.42 Å². The summed E-state index contributed by atoms with van der Waals surface area (Å²) < 4.78 is 27.1. The second-order valence-electron chi connectivity index (χ2n) is 6.86. The number of nitrogens with zero attached hydrogens (tertiary/aromatic N) is 4. The molecule has 0 spiro atoms. The van der Waals surface area contributed by atoms with Crippen molar-refractivity contribution in [3.8, 4) is 0 Å². The number of aromatic nitrogens is 1. The third-order valence-corrected chi connectivity index (χ3v) is 8.04. The minimum Gasteiger partial charge on any atom is -0.356 e. The molecule has 1 aromatic heterocycles. The fourth-order valence-corrected chi connectivity index (χ4v) is 5.49. The van der Waals surface area contributed by atoms with E-state index >= 15 is 0 Å². The average molecular weight is 385 g/mol. The van der Waals surface area contributed by atoms with Gasteiger partial charge in [-0.05, 0) is 38.3 Å². The lowest BCUT2D eigenvalue weighted by Crippen LogP contribution is -2.47. The van der Waals surface area contributed by atoms with Gasteiger partial charge in [-0.2, -0.15) is 16.1 Å². The molecule has 1 aromatic rings. The molecule has 2 aliphatic heterocycles. The number of piperazine rings is 1. The molecule has 0 radical (unpaired) electrons. The molecular formula is C17H28N4O2S2. The van der Waals surface area contributed by atoms with E-state index in [4.69, 9.17) is 0 Å². The highest BCUT2D eigenvalue weighted by molar-refractivity contribution is 7.99. The standard InChI is InChI=1S/C17H28N4O2S2/c1-19-9-11-21(12-10-19)25(22,23)16-6-7-17(18-13-16)20-8-4-3-5-15(14-20)24-2/h6-7,13,15H,3-5,8-12,14H2,1-2H3. The van der Waals surface area contributed by atoms with Gasteiger partial charge in [-0.25, -0.2) is 13.4 Å². The van der Waals surface area contributed by atoms with Gasteiger partial charge >= 0.3 is 0 Å². The first-order chi connectivity index (χ1) is 12.0. The molecule has 0 amide bonds. The third kappa shape index (κ3) is 4.48. The highest BCUT2D eigenvalue weighted by Crippen LogP contribution is 2.25. The summed E-state index contributed by atoms with van der Waals surface area (Å²) in [5, 5.41) is 0.623. The summed E-state index contributed by atoms with van der Waals surface area (Å²) in [4.78, 5) is 9.23. The Kier molecular flexibility index (Phi) is 6.25. The van der Waals surface area contributed by atoms with E-state index in [1.807, 2.05) is 24.9 Å². The van der Waals surface area contributed by atoms with Crippen molar-refractivity contribution in [3.63, 3.8) is 0 Å². The number of sulfonamides is 1. The summed E-state index contributed by atoms with van der Waals surface area (Å²) in [5.41, 5.74) is 0. The number of likely N-dealkylation sites (N-methyl/N-ethyl adjacent to an activating group) is 1. The van der Waals surface area contributed by atoms with E-state index in [0.29, 0.717) is 23.2 Å². The molecule has 1 atom stereocenters. The summed E-state index contributed by atoms with van der Waals surface area (Å²) in [6, 6.07) is 3.58. The first-order valence-corrected chi connectivity index (χ1v) is 11.7. The highest BCUT2D eigenvalue weighted by Gasteiger charge is 2.28. The Hall–Kier alpha value is -0.830. The van der Waals surface area contributed by atoms with E-state index in [1.54, 1.807) is 10.4 Å². The van der Waals surface area contributed by atoms with Crippen LogP contribution in [0.1, 0.15) is 19.3 Å². The summed E-state index contributed by atoms with van der Waals surface area (Å²) >= 11 is 1.91. The number of hydrogen-bond acceptors (Lipinski definition) is 6. The predicted octanol–water partition coefficient (Wildman–Crippen LogP) is 1.74. The SMILES string of the molecule is CSC1CCCCN(c2ccc(S(=O)(=O)N3CCN(C)CC3)cn2)C1. The molecule has 0 aromatic carbocycles. The Morgan fingerprint density at radius 2 is 1.88 bits per heavy atom. The maximum Gasteiger partial charge on any atom is 0.244 e. The van der Waals surface area contributed by atoms with Crippen LogP contribution in [0.15, 0.2) is 23.2 Å². The summed E-state index contributed by atoms with van der Waals surface area (Å²) in [6.45, 7) is 4.61. The van der Waals surface area contributed by atoms with E-state index in [1.165, 1.54) is 25.5 Å². The smallest absolute Gasteiger partial charge is 0.244 e. The van der Waals surface area contributed by atoms with Crippen molar-refractivity contribution in [1.82, 2.24) is 14.2 Å². The molecule has 2 aliphatic rings. The molecule has 25 heavy (non-hydrogen) atoms. The topological polar surface area (TPSA) is 56.8 Å². The Morgan fingerprint density at radius 3 is 2.52 bits per heavy atom. The molecular weight excluding hydrogens is 356 g/mol. The molecule has 3 rings (SSSR count). The molecule has 0 N–H and O–H groups in total. The minimum atomic E-state index is -3.43. The van der Waals surface area contributed by atoms with Crippen molar-refractivity contribution in [2.24, 2.45) is 0 Å². The summed E-state index contributed by atoms with van der Waals surface area (Å²) in [7, 11) is -1.42. The Morgan fingerprint density at radius 1 is 1.12 bits per heavy atom. The van der Waals surface area contributed by atoms with E-state index in [2.05, 4.69) is 21.0 Å². The van der Waals surface area contributed by atoms with Crippen LogP contribution in [0.5, 0.6) is 0 Å². The van der Waals surface area contributed by atoms with Crippen LogP contribution in [-0.4, -0.2) is 80.4 Å². The third-order valence-electron chi connectivity index (χ3n) is 5.11. The van der Waals surface area contributed by atoms with E-state index < -0.39 is 10.0 Å². The number of rotatable bonds is 4. The van der Waals surface area contributed by atoms with Crippen LogP contribution in [0.25, 0.3) is 0 Å². The molecule has 3 heterocycles. The maximum atomic E-state index is 12.8. The van der Waals surface area contributed by atoms with Crippen molar-refractivity contribution in [1.29, 1.82) is 0 Å². The lowest BCUT2D eigenvalue weighted by atomic mass is 10.2. The van der Waals surface area contributed by atoms with Crippen molar-refractivity contribution in [2.75, 3.05) is 57.5 Å². The average Bonchev–Trinajstić information content (AvgIpc) is 2.88. The number of hydrogen-bond donors (Lipinski definition) is 0. The van der Waals surface area contributed by atoms with E-state index in [0.717, 1.165) is 32.0 Å². The molecule has 8 heteroatoms. The van der Waals surface area contributed by atoms with Gasteiger partial charge in [0.2, 0.25) is 10.0 Å². The zero-order valence-electron chi connectivity index (χ0n) is 15.1. The molecule has 0 saturated carbocycles. The largest absolute Gasteiger partial charge is 0.356 e. The van der Waals surface area contributed by atoms with Gasteiger partial charge in [-0.15, -0.1) is 0 Å². The maximum absolute atomic E-state index is 12.8. The number of pyridine rings is 1. The van der Waals surface area contributed by atoms with Crippen molar-refractivity contribution >= 4 is 27.6 Å². The van der Waals surface area contributed by atoms with Crippen LogP contribution in [-0.2, 0) is 10.0 Å². The molecule has 140 valence electrons. The van der Waals surface area contributed by atoms with Gasteiger partial charge < -0.3 is 9.80 Å². The quantitative estimate of drug-likeness (QED) is 0.788. The first-order valence-electron chi connectivity index (χ1n) is 8.93. The van der Waals surface area contributed by atoms with Crippen LogP contribution in [0.4, 0.5) is 5.82 Å². The van der Waals surface area contributed by atoms with Crippen LogP contribution in [0.3, 0.4) is 0 Å². The Bertz CT molecular complexity index is 658. The van der Waals surface area contributed by atoms with E-state index in [-0.39, 0.29) is 0 Å². The van der Waals surface area contributed by atoms with Crippen LogP contribution >= 0.6 is 11.8 Å². The highest BCUT2D eigenvalue weighted by atomic mass is 32.2. The zero-order chi connectivity index (χ0) is 17.9. The summed E-state index contributed by atoms with van der Waals surface area (Å²) in [5.74, 6) is 0.887. The monoisotopic (exact) mass is 384 g/mol. The molecule has 1 unspecified atom stereocenters. The van der Waals surface area contributed by atoms with Gasteiger partial charge in [-0.1, -0.05) is 6.42 Å². The normalized spacial score (nSPS) is 24.2. The second kappa shape index (κ2) is 8.24. The molecule has 2 saturated heterocycles. The van der Waals surface area contributed by atoms with Gasteiger partial charge in [0.05, 0.1) is 0 Å². The Balaban J connectivity index is 1.73. The fourth-order valence-electron chi connectivity index (χ4n) is 3.39. The second-order valence-corrected chi connectivity index (χ2v) is 9.93. The van der Waals surface area contributed by atoms with Crippen LogP contribution < -0.4 is 4.90 Å². The Labute approximate surface area is 155 Å².